The molecule has 0 aliphatic carbocycles. The summed E-state index contributed by atoms with van der Waals surface area (Å²) in [6.45, 7) is 0. The number of pyridine rings is 1. The number of fused-ring (bicyclic) bond motifs is 1. The predicted octanol–water partition coefficient (Wildman–Crippen LogP) is 2.42. The van der Waals surface area contributed by atoms with Gasteiger partial charge in [0.05, 0.1) is 10.2 Å². The molecule has 0 amide bonds. The van der Waals surface area contributed by atoms with Gasteiger partial charge >= 0.3 is 0 Å². The molecule has 0 aliphatic heterocycles. The SMILES string of the molecule is N/C(=N\Nc1nc2ccccc2s1)c1ccccn1. The quantitative estimate of drug-likeness (QED) is 0.435. The van der Waals surface area contributed by atoms with Gasteiger partial charge in [-0.05, 0) is 24.3 Å². The maximum absolute atomic E-state index is 5.84. The molecule has 0 saturated heterocycles. The van der Waals surface area contributed by atoms with Crippen LogP contribution in [-0.4, -0.2) is 15.8 Å². The maximum atomic E-state index is 5.84. The lowest BCUT2D eigenvalue weighted by atomic mass is 10.3. The standard InChI is InChI=1S/C13H11N5S/c14-12(10-6-3-4-8-15-10)17-18-13-16-9-5-1-2-7-11(9)19-13/h1-8H,(H2,14,17)(H,16,18). The molecule has 0 unspecified atom stereocenters. The number of amidine groups is 1. The molecule has 2 heterocycles. The molecule has 0 aliphatic rings. The maximum Gasteiger partial charge on any atom is 0.204 e. The monoisotopic (exact) mass is 269 g/mol. The Labute approximate surface area is 113 Å². The summed E-state index contributed by atoms with van der Waals surface area (Å²) in [7, 11) is 0. The molecule has 19 heavy (non-hydrogen) atoms. The molecule has 5 nitrogen and oxygen atoms in total. The van der Waals surface area contributed by atoms with Crippen LogP contribution >= 0.6 is 11.3 Å². The lowest BCUT2D eigenvalue weighted by Gasteiger charge is -1.99. The molecule has 0 radical (unpaired) electrons. The number of anilines is 1. The molecule has 3 N–H and O–H groups in total. The number of rotatable bonds is 3. The zero-order valence-electron chi connectivity index (χ0n) is 9.95. The van der Waals surface area contributed by atoms with E-state index in [1.807, 2.05) is 36.4 Å². The number of nitrogens with two attached hydrogens (primary N) is 1. The van der Waals surface area contributed by atoms with Gasteiger partial charge < -0.3 is 5.73 Å². The van der Waals surface area contributed by atoms with E-state index in [4.69, 9.17) is 5.73 Å². The van der Waals surface area contributed by atoms with E-state index >= 15 is 0 Å². The van der Waals surface area contributed by atoms with Crippen LogP contribution in [0.25, 0.3) is 10.2 Å². The lowest BCUT2D eigenvalue weighted by molar-refractivity contribution is 1.23. The van der Waals surface area contributed by atoms with E-state index in [2.05, 4.69) is 20.5 Å². The van der Waals surface area contributed by atoms with E-state index < -0.39 is 0 Å². The molecule has 3 rings (SSSR count). The van der Waals surface area contributed by atoms with Crippen molar-refractivity contribution < 1.29 is 0 Å². The number of hydrogen-bond acceptors (Lipinski definition) is 5. The van der Waals surface area contributed by atoms with Gasteiger partial charge in [0.15, 0.2) is 5.84 Å². The van der Waals surface area contributed by atoms with Gasteiger partial charge in [-0.25, -0.2) is 4.98 Å². The number of nitrogens with one attached hydrogen (secondary N) is 1. The minimum Gasteiger partial charge on any atom is -0.380 e. The molecule has 94 valence electrons. The number of hydrazone groups is 1. The Bertz CT molecular complexity index is 687. The average Bonchev–Trinajstić information content (AvgIpc) is 2.88. The van der Waals surface area contributed by atoms with Crippen LogP contribution in [0.5, 0.6) is 0 Å². The van der Waals surface area contributed by atoms with E-state index in [1.54, 1.807) is 12.3 Å². The highest BCUT2D eigenvalue weighted by Crippen LogP contribution is 2.25. The van der Waals surface area contributed by atoms with E-state index in [0.29, 0.717) is 16.7 Å². The van der Waals surface area contributed by atoms with Gasteiger partial charge in [0, 0.05) is 6.20 Å². The van der Waals surface area contributed by atoms with Gasteiger partial charge in [0.1, 0.15) is 5.69 Å². The summed E-state index contributed by atoms with van der Waals surface area (Å²) in [5.74, 6) is 0.333. The van der Waals surface area contributed by atoms with Gasteiger partial charge in [-0.3, -0.25) is 10.4 Å². The molecular weight excluding hydrogens is 258 g/mol. The van der Waals surface area contributed by atoms with E-state index in [9.17, 15) is 0 Å². The van der Waals surface area contributed by atoms with Crippen LogP contribution in [0.3, 0.4) is 0 Å². The molecule has 0 saturated carbocycles. The second-order valence-electron chi connectivity index (χ2n) is 3.81. The van der Waals surface area contributed by atoms with E-state index in [-0.39, 0.29) is 0 Å². The Morgan fingerprint density at radius 3 is 2.79 bits per heavy atom. The topological polar surface area (TPSA) is 76.2 Å². The highest BCUT2D eigenvalue weighted by atomic mass is 32.1. The number of hydrogen-bond donors (Lipinski definition) is 2. The molecular formula is C13H11N5S. The first-order chi connectivity index (χ1) is 9.33. The van der Waals surface area contributed by atoms with Crippen molar-refractivity contribution in [1.82, 2.24) is 9.97 Å². The number of nitrogens with zero attached hydrogens (tertiary/aromatic N) is 3. The minimum absolute atomic E-state index is 0.333. The van der Waals surface area contributed by atoms with Crippen molar-refractivity contribution in [1.29, 1.82) is 0 Å². The number of para-hydroxylation sites is 1. The van der Waals surface area contributed by atoms with Crippen molar-refractivity contribution in [3.05, 3.63) is 54.4 Å². The average molecular weight is 269 g/mol. The summed E-state index contributed by atoms with van der Waals surface area (Å²) >= 11 is 1.53. The Balaban J connectivity index is 1.82. The van der Waals surface area contributed by atoms with Crippen LogP contribution in [0.15, 0.2) is 53.8 Å². The third-order valence-corrected chi connectivity index (χ3v) is 3.43. The summed E-state index contributed by atoms with van der Waals surface area (Å²) in [4.78, 5) is 8.52. The zero-order chi connectivity index (χ0) is 13.1. The van der Waals surface area contributed by atoms with Gasteiger partial charge in [-0.15, -0.1) is 0 Å². The summed E-state index contributed by atoms with van der Waals surface area (Å²) in [5.41, 5.74) is 10.3. The smallest absolute Gasteiger partial charge is 0.204 e. The van der Waals surface area contributed by atoms with Crippen molar-refractivity contribution in [3.8, 4) is 0 Å². The first-order valence-electron chi connectivity index (χ1n) is 5.69. The normalized spacial score (nSPS) is 11.7. The van der Waals surface area contributed by atoms with Crippen LogP contribution in [-0.2, 0) is 0 Å². The zero-order valence-corrected chi connectivity index (χ0v) is 10.8. The second kappa shape index (κ2) is 5.03. The van der Waals surface area contributed by atoms with Gasteiger partial charge in [-0.2, -0.15) is 5.10 Å². The van der Waals surface area contributed by atoms with Crippen LogP contribution in [0.1, 0.15) is 5.69 Å². The number of benzene rings is 1. The Morgan fingerprint density at radius 2 is 2.00 bits per heavy atom. The van der Waals surface area contributed by atoms with Gasteiger partial charge in [-0.1, -0.05) is 29.5 Å². The van der Waals surface area contributed by atoms with Crippen molar-refractivity contribution in [3.63, 3.8) is 0 Å². The summed E-state index contributed by atoms with van der Waals surface area (Å²) < 4.78 is 1.11. The van der Waals surface area contributed by atoms with Crippen LogP contribution < -0.4 is 11.2 Å². The van der Waals surface area contributed by atoms with Crippen LogP contribution in [0.2, 0.25) is 0 Å². The van der Waals surface area contributed by atoms with Crippen molar-refractivity contribution in [2.75, 3.05) is 5.43 Å². The summed E-state index contributed by atoms with van der Waals surface area (Å²) in [6.07, 6.45) is 1.68. The summed E-state index contributed by atoms with van der Waals surface area (Å²) in [6, 6.07) is 13.4. The van der Waals surface area contributed by atoms with Crippen molar-refractivity contribution in [2.24, 2.45) is 10.8 Å². The molecule has 2 aromatic heterocycles. The van der Waals surface area contributed by atoms with Crippen LogP contribution in [0, 0.1) is 0 Å². The third kappa shape index (κ3) is 2.53. The molecule has 3 aromatic rings. The highest BCUT2D eigenvalue weighted by Gasteiger charge is 2.03. The van der Waals surface area contributed by atoms with Crippen LogP contribution in [0.4, 0.5) is 5.13 Å². The van der Waals surface area contributed by atoms with Gasteiger partial charge in [0.2, 0.25) is 5.13 Å². The fourth-order valence-corrected chi connectivity index (χ4v) is 2.41. The largest absolute Gasteiger partial charge is 0.380 e. The second-order valence-corrected chi connectivity index (χ2v) is 4.84. The number of aromatic nitrogens is 2. The highest BCUT2D eigenvalue weighted by molar-refractivity contribution is 7.22. The molecule has 0 atom stereocenters. The Morgan fingerprint density at radius 1 is 1.16 bits per heavy atom. The predicted molar refractivity (Wildman–Crippen MR) is 78.2 cm³/mol. The van der Waals surface area contributed by atoms with Crippen molar-refractivity contribution >= 4 is 32.5 Å². The van der Waals surface area contributed by atoms with Crippen molar-refractivity contribution in [2.45, 2.75) is 0 Å². The Hall–Kier alpha value is -2.47. The van der Waals surface area contributed by atoms with E-state index in [1.165, 1.54) is 11.3 Å². The fourth-order valence-electron chi connectivity index (χ4n) is 1.60. The lowest BCUT2D eigenvalue weighted by Crippen LogP contribution is -2.16. The molecule has 0 bridgehead atoms. The molecule has 6 heteroatoms. The summed E-state index contributed by atoms with van der Waals surface area (Å²) in [5, 5.41) is 4.80. The number of thiazole rings is 1. The fraction of sp³-hybridized carbons (Fsp3) is 0. The molecule has 0 spiro atoms. The molecule has 0 fully saturated rings. The van der Waals surface area contributed by atoms with Gasteiger partial charge in [0.25, 0.3) is 0 Å². The minimum atomic E-state index is 0.333. The molecule has 1 aromatic carbocycles. The first-order valence-corrected chi connectivity index (χ1v) is 6.51. The third-order valence-electron chi connectivity index (χ3n) is 2.49. The first kappa shape index (κ1) is 11.6. The Kier molecular flexibility index (Phi) is 3.07. The van der Waals surface area contributed by atoms with E-state index in [0.717, 1.165) is 10.2 Å².